The van der Waals surface area contributed by atoms with Gasteiger partial charge in [0, 0.05) is 7.05 Å². The Bertz CT molecular complexity index is 505. The lowest BCUT2D eigenvalue weighted by Crippen LogP contribution is -2.26. The highest BCUT2D eigenvalue weighted by atomic mass is 32.2. The molecule has 0 aliphatic carbocycles. The summed E-state index contributed by atoms with van der Waals surface area (Å²) in [6.07, 6.45) is 2.05. The van der Waals surface area contributed by atoms with Gasteiger partial charge in [0.05, 0.1) is 17.1 Å². The van der Waals surface area contributed by atoms with Crippen LogP contribution in [-0.4, -0.2) is 23.0 Å². The van der Waals surface area contributed by atoms with Crippen molar-refractivity contribution in [2.45, 2.75) is 19.0 Å². The van der Waals surface area contributed by atoms with Gasteiger partial charge in [0.25, 0.3) is 0 Å². The van der Waals surface area contributed by atoms with Crippen LogP contribution in [0.2, 0.25) is 0 Å². The molecule has 0 atom stereocenters. The van der Waals surface area contributed by atoms with Crippen LogP contribution < -0.4 is 5.01 Å². The van der Waals surface area contributed by atoms with Crippen molar-refractivity contribution < 1.29 is 0 Å². The monoisotopic (exact) mass is 247 g/mol. The maximum Gasteiger partial charge on any atom is 0.187 e. The maximum absolute atomic E-state index is 4.56. The maximum atomic E-state index is 4.56. The molecule has 1 aromatic carbocycles. The van der Waals surface area contributed by atoms with Crippen molar-refractivity contribution in [1.82, 2.24) is 9.66 Å². The Hall–Kier alpha value is -1.42. The van der Waals surface area contributed by atoms with Gasteiger partial charge in [-0.1, -0.05) is 30.0 Å². The van der Waals surface area contributed by atoms with Gasteiger partial charge in [-0.15, -0.1) is 0 Å². The number of hydrogen-bond acceptors (Lipinski definition) is 3. The van der Waals surface area contributed by atoms with Crippen molar-refractivity contribution in [3.05, 3.63) is 41.7 Å². The second-order valence-electron chi connectivity index (χ2n) is 3.94. The molecule has 0 saturated carbocycles. The van der Waals surface area contributed by atoms with Crippen molar-refractivity contribution in [2.75, 3.05) is 18.3 Å². The number of benzene rings is 1. The molecule has 17 heavy (non-hydrogen) atoms. The van der Waals surface area contributed by atoms with Crippen LogP contribution in [0, 0.1) is 13.8 Å². The van der Waals surface area contributed by atoms with Crippen molar-refractivity contribution in [1.29, 1.82) is 0 Å². The van der Waals surface area contributed by atoms with Crippen LogP contribution in [0.5, 0.6) is 0 Å². The second kappa shape index (κ2) is 4.84. The zero-order valence-corrected chi connectivity index (χ0v) is 11.5. The van der Waals surface area contributed by atoms with Crippen LogP contribution in [0.25, 0.3) is 0 Å². The predicted octanol–water partition coefficient (Wildman–Crippen LogP) is 3.12. The molecule has 90 valence electrons. The first-order valence-electron chi connectivity index (χ1n) is 5.54. The minimum absolute atomic E-state index is 1.02. The van der Waals surface area contributed by atoms with Crippen LogP contribution in [0.4, 0.5) is 5.69 Å². The predicted molar refractivity (Wildman–Crippen MR) is 73.7 cm³/mol. The summed E-state index contributed by atoms with van der Waals surface area (Å²) in [6, 6.07) is 10.3. The van der Waals surface area contributed by atoms with E-state index < -0.39 is 0 Å². The number of nitrogens with zero attached hydrogens (tertiary/aromatic N) is 3. The van der Waals surface area contributed by atoms with Gasteiger partial charge in [0.15, 0.2) is 5.16 Å². The molecule has 4 heteroatoms. The van der Waals surface area contributed by atoms with E-state index in [-0.39, 0.29) is 0 Å². The Labute approximate surface area is 106 Å². The Balaban J connectivity index is 2.47. The lowest BCUT2D eigenvalue weighted by atomic mass is 10.3. The summed E-state index contributed by atoms with van der Waals surface area (Å²) < 4.78 is 2.15. The fourth-order valence-electron chi connectivity index (χ4n) is 1.81. The Morgan fingerprint density at radius 2 is 1.82 bits per heavy atom. The number of para-hydroxylation sites is 1. The van der Waals surface area contributed by atoms with Crippen molar-refractivity contribution in [3.8, 4) is 0 Å². The molecule has 1 aromatic heterocycles. The Kier molecular flexibility index (Phi) is 3.43. The van der Waals surface area contributed by atoms with Crippen LogP contribution >= 0.6 is 11.8 Å². The highest BCUT2D eigenvalue weighted by Crippen LogP contribution is 2.22. The average Bonchev–Trinajstić information content (AvgIpc) is 2.65. The Morgan fingerprint density at radius 3 is 2.41 bits per heavy atom. The van der Waals surface area contributed by atoms with Crippen molar-refractivity contribution in [2.24, 2.45) is 0 Å². The third-order valence-electron chi connectivity index (χ3n) is 2.90. The number of thioether (sulfide) groups is 1. The van der Waals surface area contributed by atoms with Crippen LogP contribution in [0.1, 0.15) is 11.4 Å². The van der Waals surface area contributed by atoms with Crippen molar-refractivity contribution >= 4 is 17.4 Å². The van der Waals surface area contributed by atoms with Gasteiger partial charge >= 0.3 is 0 Å². The minimum Gasteiger partial charge on any atom is -0.282 e. The van der Waals surface area contributed by atoms with E-state index >= 15 is 0 Å². The molecule has 0 spiro atoms. The third-order valence-corrected chi connectivity index (χ3v) is 3.53. The fourth-order valence-corrected chi connectivity index (χ4v) is 2.47. The summed E-state index contributed by atoms with van der Waals surface area (Å²) in [7, 11) is 2.06. The quantitative estimate of drug-likeness (QED) is 0.778. The van der Waals surface area contributed by atoms with E-state index in [1.54, 1.807) is 11.8 Å². The first-order valence-corrected chi connectivity index (χ1v) is 6.76. The van der Waals surface area contributed by atoms with E-state index in [0.29, 0.717) is 0 Å². The van der Waals surface area contributed by atoms with E-state index in [0.717, 1.165) is 16.5 Å². The molecule has 0 N–H and O–H groups in total. The molecule has 0 saturated heterocycles. The molecule has 2 rings (SSSR count). The molecule has 0 fully saturated rings. The zero-order valence-electron chi connectivity index (χ0n) is 10.6. The number of rotatable bonds is 3. The SMILES string of the molecule is CSc1nc(C)c(C)n1N(C)c1ccccc1. The molecule has 3 nitrogen and oxygen atoms in total. The molecule has 0 amide bonds. The summed E-state index contributed by atoms with van der Waals surface area (Å²) in [5.41, 5.74) is 3.42. The van der Waals surface area contributed by atoms with E-state index in [9.17, 15) is 0 Å². The van der Waals surface area contributed by atoms with E-state index in [2.05, 4.69) is 47.0 Å². The molecule has 2 aromatic rings. The smallest absolute Gasteiger partial charge is 0.187 e. The number of anilines is 1. The minimum atomic E-state index is 1.02. The Morgan fingerprint density at radius 1 is 1.18 bits per heavy atom. The molecule has 0 unspecified atom stereocenters. The molecule has 0 aliphatic heterocycles. The van der Waals surface area contributed by atoms with E-state index in [1.807, 2.05) is 25.1 Å². The summed E-state index contributed by atoms with van der Waals surface area (Å²) >= 11 is 1.66. The van der Waals surface area contributed by atoms with E-state index in [1.165, 1.54) is 5.69 Å². The normalized spacial score (nSPS) is 10.6. The average molecular weight is 247 g/mol. The van der Waals surface area contributed by atoms with Gasteiger partial charge in [0.2, 0.25) is 0 Å². The zero-order chi connectivity index (χ0) is 12.4. The number of aryl methyl sites for hydroxylation is 1. The van der Waals surface area contributed by atoms with E-state index in [4.69, 9.17) is 0 Å². The van der Waals surface area contributed by atoms with Crippen molar-refractivity contribution in [3.63, 3.8) is 0 Å². The highest BCUT2D eigenvalue weighted by Gasteiger charge is 2.14. The largest absolute Gasteiger partial charge is 0.282 e. The first kappa shape index (κ1) is 12.0. The third kappa shape index (κ3) is 2.17. The van der Waals surface area contributed by atoms with Crippen LogP contribution in [-0.2, 0) is 0 Å². The summed E-state index contributed by atoms with van der Waals surface area (Å²) in [4.78, 5) is 4.56. The summed E-state index contributed by atoms with van der Waals surface area (Å²) in [6.45, 7) is 4.14. The lowest BCUT2D eigenvalue weighted by Gasteiger charge is -2.23. The molecular weight excluding hydrogens is 230 g/mol. The van der Waals surface area contributed by atoms with Crippen LogP contribution in [0.3, 0.4) is 0 Å². The topological polar surface area (TPSA) is 21.1 Å². The summed E-state index contributed by atoms with van der Waals surface area (Å²) in [5, 5.41) is 3.15. The van der Waals surface area contributed by atoms with Gasteiger partial charge < -0.3 is 0 Å². The molecule has 0 bridgehead atoms. The molecule has 0 aliphatic rings. The van der Waals surface area contributed by atoms with Gasteiger partial charge in [-0.05, 0) is 32.2 Å². The standard InChI is InChI=1S/C13H17N3S/c1-10-11(2)16(13(14-10)17-4)15(3)12-8-6-5-7-9-12/h5-9H,1-4H3. The molecular formula is C13H17N3S. The highest BCUT2D eigenvalue weighted by molar-refractivity contribution is 7.98. The van der Waals surface area contributed by atoms with Gasteiger partial charge in [0.1, 0.15) is 0 Å². The second-order valence-corrected chi connectivity index (χ2v) is 4.71. The number of hydrogen-bond donors (Lipinski definition) is 0. The van der Waals surface area contributed by atoms with Gasteiger partial charge in [-0.2, -0.15) is 0 Å². The van der Waals surface area contributed by atoms with Gasteiger partial charge in [-0.25, -0.2) is 9.66 Å². The first-order chi connectivity index (χ1) is 8.15. The van der Waals surface area contributed by atoms with Gasteiger partial charge in [-0.3, -0.25) is 5.01 Å². The van der Waals surface area contributed by atoms with Crippen LogP contribution in [0.15, 0.2) is 35.5 Å². The number of aromatic nitrogens is 2. The number of imidazole rings is 1. The molecule has 0 radical (unpaired) electrons. The molecule has 1 heterocycles. The fraction of sp³-hybridized carbons (Fsp3) is 0.308. The lowest BCUT2D eigenvalue weighted by molar-refractivity contribution is 0.674. The summed E-state index contributed by atoms with van der Waals surface area (Å²) in [5.74, 6) is 0.